The predicted molar refractivity (Wildman–Crippen MR) is 86.8 cm³/mol. The van der Waals surface area contributed by atoms with Crippen LogP contribution in [0.1, 0.15) is 11.4 Å². The third-order valence-corrected chi connectivity index (χ3v) is 3.21. The first-order valence-corrected chi connectivity index (χ1v) is 7.20. The van der Waals surface area contributed by atoms with E-state index in [2.05, 4.69) is 20.8 Å². The number of hydrogen-bond donors (Lipinski definition) is 2. The maximum absolute atomic E-state index is 11.9. The summed E-state index contributed by atoms with van der Waals surface area (Å²) in [4.78, 5) is 16.0. The summed E-state index contributed by atoms with van der Waals surface area (Å²) in [6.07, 6.45) is 0. The Kier molecular flexibility index (Phi) is 4.33. The van der Waals surface area contributed by atoms with Crippen molar-refractivity contribution in [3.63, 3.8) is 0 Å². The van der Waals surface area contributed by atoms with Gasteiger partial charge in [0.25, 0.3) is 5.89 Å². The molecule has 0 bridgehead atoms. The van der Waals surface area contributed by atoms with Crippen LogP contribution in [0.15, 0.2) is 59.1 Å². The molecule has 2 amide bonds. The Hall–Kier alpha value is -3.15. The summed E-state index contributed by atoms with van der Waals surface area (Å²) in [6.45, 7) is 2.24. The van der Waals surface area contributed by atoms with E-state index in [0.29, 0.717) is 23.9 Å². The Bertz CT molecular complexity index is 782. The van der Waals surface area contributed by atoms with E-state index < -0.39 is 0 Å². The molecule has 0 saturated heterocycles. The smallest absolute Gasteiger partial charge is 0.319 e. The first-order valence-electron chi connectivity index (χ1n) is 7.20. The van der Waals surface area contributed by atoms with E-state index >= 15 is 0 Å². The van der Waals surface area contributed by atoms with Crippen molar-refractivity contribution < 1.29 is 9.32 Å². The molecule has 0 atom stereocenters. The molecule has 0 fully saturated rings. The Labute approximate surface area is 133 Å². The van der Waals surface area contributed by atoms with Crippen molar-refractivity contribution in [2.75, 3.05) is 5.32 Å². The number of hydrogen-bond acceptors (Lipinski definition) is 4. The van der Waals surface area contributed by atoms with E-state index in [1.165, 1.54) is 0 Å². The molecule has 0 aliphatic carbocycles. The van der Waals surface area contributed by atoms with Crippen LogP contribution in [0.2, 0.25) is 0 Å². The van der Waals surface area contributed by atoms with Gasteiger partial charge in [0.15, 0.2) is 5.82 Å². The molecular weight excluding hydrogens is 292 g/mol. The van der Waals surface area contributed by atoms with Crippen LogP contribution in [0.4, 0.5) is 10.5 Å². The van der Waals surface area contributed by atoms with Gasteiger partial charge in [0.1, 0.15) is 0 Å². The molecule has 6 heteroatoms. The third kappa shape index (κ3) is 3.94. The Morgan fingerprint density at radius 1 is 1.09 bits per heavy atom. The standard InChI is InChI=1S/C17H16N4O2/c1-12-19-16(23-21-12)14-7-9-15(10-8-14)20-17(22)18-11-13-5-3-2-4-6-13/h2-10H,11H2,1H3,(H2,18,20,22). The van der Waals surface area contributed by atoms with Gasteiger partial charge >= 0.3 is 6.03 Å². The van der Waals surface area contributed by atoms with Crippen LogP contribution >= 0.6 is 0 Å². The van der Waals surface area contributed by atoms with Crippen LogP contribution in [0.25, 0.3) is 11.5 Å². The van der Waals surface area contributed by atoms with Crippen LogP contribution in [-0.2, 0) is 6.54 Å². The number of nitrogens with one attached hydrogen (secondary N) is 2. The number of carbonyl (C=O) groups is 1. The first kappa shape index (κ1) is 14.8. The molecule has 0 spiro atoms. The van der Waals surface area contributed by atoms with Crippen LogP contribution in [0, 0.1) is 6.92 Å². The van der Waals surface area contributed by atoms with Crippen molar-refractivity contribution in [3.8, 4) is 11.5 Å². The summed E-state index contributed by atoms with van der Waals surface area (Å²) in [5.74, 6) is 1.05. The third-order valence-electron chi connectivity index (χ3n) is 3.21. The lowest BCUT2D eigenvalue weighted by atomic mass is 10.2. The number of nitrogens with zero attached hydrogens (tertiary/aromatic N) is 2. The van der Waals surface area contributed by atoms with Gasteiger partial charge in [-0.3, -0.25) is 0 Å². The number of carbonyl (C=O) groups excluding carboxylic acids is 1. The summed E-state index contributed by atoms with van der Waals surface area (Å²) in [5, 5.41) is 9.34. The number of rotatable bonds is 4. The predicted octanol–water partition coefficient (Wildman–Crippen LogP) is 3.37. The van der Waals surface area contributed by atoms with Crippen LogP contribution < -0.4 is 10.6 Å². The molecule has 0 aliphatic rings. The second kappa shape index (κ2) is 6.74. The van der Waals surface area contributed by atoms with E-state index in [0.717, 1.165) is 11.1 Å². The van der Waals surface area contributed by atoms with Crippen molar-refractivity contribution >= 4 is 11.7 Å². The highest BCUT2D eigenvalue weighted by molar-refractivity contribution is 5.89. The van der Waals surface area contributed by atoms with Crippen LogP contribution in [0.3, 0.4) is 0 Å². The lowest BCUT2D eigenvalue weighted by molar-refractivity contribution is 0.251. The highest BCUT2D eigenvalue weighted by Gasteiger charge is 2.07. The lowest BCUT2D eigenvalue weighted by Crippen LogP contribution is -2.28. The minimum Gasteiger partial charge on any atom is -0.334 e. The Morgan fingerprint density at radius 2 is 1.83 bits per heavy atom. The molecule has 6 nitrogen and oxygen atoms in total. The minimum atomic E-state index is -0.254. The van der Waals surface area contributed by atoms with Crippen molar-refractivity contribution in [1.29, 1.82) is 0 Å². The quantitative estimate of drug-likeness (QED) is 0.774. The van der Waals surface area contributed by atoms with Gasteiger partial charge in [0.2, 0.25) is 0 Å². The highest BCUT2D eigenvalue weighted by atomic mass is 16.5. The largest absolute Gasteiger partial charge is 0.334 e. The molecule has 0 radical (unpaired) electrons. The van der Waals surface area contributed by atoms with Gasteiger partial charge < -0.3 is 15.2 Å². The summed E-state index contributed by atoms with van der Waals surface area (Å²) in [5.41, 5.74) is 2.54. The van der Waals surface area contributed by atoms with Crippen molar-refractivity contribution in [1.82, 2.24) is 15.5 Å². The van der Waals surface area contributed by atoms with E-state index in [9.17, 15) is 4.79 Å². The van der Waals surface area contributed by atoms with E-state index in [1.807, 2.05) is 42.5 Å². The number of urea groups is 1. The highest BCUT2D eigenvalue weighted by Crippen LogP contribution is 2.19. The minimum absolute atomic E-state index is 0.254. The maximum atomic E-state index is 11.9. The van der Waals surface area contributed by atoms with Gasteiger partial charge in [-0.05, 0) is 36.8 Å². The van der Waals surface area contributed by atoms with E-state index in [-0.39, 0.29) is 6.03 Å². The second-order valence-electron chi connectivity index (χ2n) is 5.02. The van der Waals surface area contributed by atoms with Crippen LogP contribution in [-0.4, -0.2) is 16.2 Å². The van der Waals surface area contributed by atoms with Crippen molar-refractivity contribution in [2.45, 2.75) is 13.5 Å². The molecule has 1 heterocycles. The van der Waals surface area contributed by atoms with Crippen molar-refractivity contribution in [3.05, 3.63) is 66.0 Å². The SMILES string of the molecule is Cc1noc(-c2ccc(NC(=O)NCc3ccccc3)cc2)n1. The monoisotopic (exact) mass is 308 g/mol. The number of aryl methyl sites for hydroxylation is 1. The normalized spacial score (nSPS) is 10.3. The maximum Gasteiger partial charge on any atom is 0.319 e. The molecule has 1 aromatic heterocycles. The number of amides is 2. The number of aromatic nitrogens is 2. The van der Waals surface area contributed by atoms with Gasteiger partial charge in [-0.25, -0.2) is 4.79 Å². The van der Waals surface area contributed by atoms with Gasteiger partial charge in [-0.15, -0.1) is 0 Å². The molecule has 0 saturated carbocycles. The molecule has 2 N–H and O–H groups in total. The summed E-state index contributed by atoms with van der Waals surface area (Å²) >= 11 is 0. The second-order valence-corrected chi connectivity index (χ2v) is 5.02. The van der Waals surface area contributed by atoms with Crippen LogP contribution in [0.5, 0.6) is 0 Å². The summed E-state index contributed by atoms with van der Waals surface area (Å²) in [6, 6.07) is 16.7. The zero-order valence-corrected chi connectivity index (χ0v) is 12.6. The Morgan fingerprint density at radius 3 is 2.48 bits per heavy atom. The lowest BCUT2D eigenvalue weighted by Gasteiger charge is -2.08. The Balaban J connectivity index is 1.56. The first-order chi connectivity index (χ1) is 11.2. The molecule has 116 valence electrons. The molecule has 23 heavy (non-hydrogen) atoms. The molecule has 0 unspecified atom stereocenters. The molecule has 0 aliphatic heterocycles. The van der Waals surface area contributed by atoms with Gasteiger partial charge in [0, 0.05) is 17.8 Å². The fraction of sp³-hybridized carbons (Fsp3) is 0.118. The van der Waals surface area contributed by atoms with Gasteiger partial charge in [0.05, 0.1) is 0 Å². The molecule has 3 rings (SSSR count). The van der Waals surface area contributed by atoms with Crippen molar-refractivity contribution in [2.24, 2.45) is 0 Å². The number of benzene rings is 2. The molecular formula is C17H16N4O2. The zero-order chi connectivity index (χ0) is 16.1. The van der Waals surface area contributed by atoms with Gasteiger partial charge in [-0.1, -0.05) is 35.5 Å². The van der Waals surface area contributed by atoms with Gasteiger partial charge in [-0.2, -0.15) is 4.98 Å². The summed E-state index contributed by atoms with van der Waals surface area (Å²) < 4.78 is 5.10. The average Bonchev–Trinajstić information content (AvgIpc) is 3.01. The topological polar surface area (TPSA) is 80.0 Å². The summed E-state index contributed by atoms with van der Waals surface area (Å²) in [7, 11) is 0. The number of anilines is 1. The zero-order valence-electron chi connectivity index (χ0n) is 12.6. The van der Waals surface area contributed by atoms with E-state index in [1.54, 1.807) is 19.1 Å². The van der Waals surface area contributed by atoms with E-state index in [4.69, 9.17) is 4.52 Å². The average molecular weight is 308 g/mol. The fourth-order valence-electron chi connectivity index (χ4n) is 2.06. The molecule has 3 aromatic rings. The molecule has 2 aromatic carbocycles. The fourth-order valence-corrected chi connectivity index (χ4v) is 2.06.